The zero-order valence-corrected chi connectivity index (χ0v) is 10.6. The van der Waals surface area contributed by atoms with Crippen LogP contribution in [0.5, 0.6) is 11.6 Å². The fraction of sp³-hybridized carbons (Fsp3) is 0.154. The summed E-state index contributed by atoms with van der Waals surface area (Å²) in [4.78, 5) is 14.2. The molecule has 104 valence electrons. The van der Waals surface area contributed by atoms with Gasteiger partial charge < -0.3 is 10.5 Å². The van der Waals surface area contributed by atoms with Crippen molar-refractivity contribution in [1.82, 2.24) is 4.98 Å². The van der Waals surface area contributed by atoms with E-state index in [4.69, 9.17) is 10.5 Å². The molecule has 20 heavy (non-hydrogen) atoms. The predicted molar refractivity (Wildman–Crippen MR) is 70.0 cm³/mol. The Morgan fingerprint density at radius 3 is 2.85 bits per heavy atom. The summed E-state index contributed by atoms with van der Waals surface area (Å²) in [7, 11) is 0. The van der Waals surface area contributed by atoms with Gasteiger partial charge in [0, 0.05) is 29.9 Å². The molecule has 0 unspecified atom stereocenters. The summed E-state index contributed by atoms with van der Waals surface area (Å²) >= 11 is 0. The normalized spacial score (nSPS) is 11.9. The van der Waals surface area contributed by atoms with Crippen molar-refractivity contribution in [2.75, 3.05) is 0 Å². The van der Waals surface area contributed by atoms with E-state index in [0.29, 0.717) is 5.56 Å². The van der Waals surface area contributed by atoms with E-state index in [2.05, 4.69) is 4.98 Å². The molecule has 0 saturated carbocycles. The van der Waals surface area contributed by atoms with Crippen LogP contribution in [0.1, 0.15) is 18.5 Å². The standard InChI is InChI=1S/C13H12FN3O3/c1-8(15)10-3-2-6-16-13(10)20-12-7-9(14)4-5-11(12)17(18)19/h2-8H,15H2,1H3/t8-/m1/s1. The fourth-order valence-corrected chi connectivity index (χ4v) is 1.66. The first-order chi connectivity index (χ1) is 9.49. The summed E-state index contributed by atoms with van der Waals surface area (Å²) in [5.74, 6) is -0.726. The van der Waals surface area contributed by atoms with Gasteiger partial charge in [-0.1, -0.05) is 6.07 Å². The van der Waals surface area contributed by atoms with Crippen molar-refractivity contribution in [3.63, 3.8) is 0 Å². The van der Waals surface area contributed by atoms with Crippen LogP contribution in [0, 0.1) is 15.9 Å². The smallest absolute Gasteiger partial charge is 0.311 e. The van der Waals surface area contributed by atoms with Crippen LogP contribution in [-0.2, 0) is 0 Å². The molecule has 1 aromatic heterocycles. The summed E-state index contributed by atoms with van der Waals surface area (Å²) in [6, 6.07) is 5.97. The summed E-state index contributed by atoms with van der Waals surface area (Å²) < 4.78 is 18.6. The van der Waals surface area contributed by atoms with Gasteiger partial charge in [0.1, 0.15) is 5.82 Å². The van der Waals surface area contributed by atoms with Crippen LogP contribution in [0.3, 0.4) is 0 Å². The van der Waals surface area contributed by atoms with Crippen molar-refractivity contribution in [2.45, 2.75) is 13.0 Å². The molecular weight excluding hydrogens is 265 g/mol. The number of ether oxygens (including phenoxy) is 1. The molecule has 0 spiro atoms. The van der Waals surface area contributed by atoms with Crippen molar-refractivity contribution in [1.29, 1.82) is 0 Å². The highest BCUT2D eigenvalue weighted by atomic mass is 19.1. The van der Waals surface area contributed by atoms with E-state index < -0.39 is 10.7 Å². The zero-order valence-electron chi connectivity index (χ0n) is 10.6. The first-order valence-corrected chi connectivity index (χ1v) is 5.81. The highest BCUT2D eigenvalue weighted by Gasteiger charge is 2.19. The number of benzene rings is 1. The van der Waals surface area contributed by atoms with E-state index in [1.54, 1.807) is 19.1 Å². The summed E-state index contributed by atoms with van der Waals surface area (Å²) in [6.07, 6.45) is 1.46. The van der Waals surface area contributed by atoms with Gasteiger partial charge in [0.05, 0.1) is 4.92 Å². The average Bonchev–Trinajstić information content (AvgIpc) is 2.38. The Morgan fingerprint density at radius 2 is 2.20 bits per heavy atom. The van der Waals surface area contributed by atoms with Crippen LogP contribution in [0.15, 0.2) is 36.5 Å². The summed E-state index contributed by atoms with van der Waals surface area (Å²) in [5.41, 5.74) is 6.00. The molecule has 6 nitrogen and oxygen atoms in total. The van der Waals surface area contributed by atoms with Gasteiger partial charge in [-0.3, -0.25) is 10.1 Å². The predicted octanol–water partition coefficient (Wildman–Crippen LogP) is 2.94. The largest absolute Gasteiger partial charge is 0.431 e. The number of pyridine rings is 1. The molecule has 0 amide bonds. The number of nitro groups is 1. The molecule has 2 N–H and O–H groups in total. The topological polar surface area (TPSA) is 91.3 Å². The number of halogens is 1. The number of nitrogens with two attached hydrogens (primary N) is 1. The van der Waals surface area contributed by atoms with Gasteiger partial charge in [-0.25, -0.2) is 9.37 Å². The Bertz CT molecular complexity index is 647. The lowest BCUT2D eigenvalue weighted by molar-refractivity contribution is -0.385. The quantitative estimate of drug-likeness (QED) is 0.685. The molecule has 1 heterocycles. The minimum Gasteiger partial charge on any atom is -0.431 e. The zero-order chi connectivity index (χ0) is 14.7. The lowest BCUT2D eigenvalue weighted by atomic mass is 10.1. The summed E-state index contributed by atoms with van der Waals surface area (Å²) in [6.45, 7) is 1.73. The fourth-order valence-electron chi connectivity index (χ4n) is 1.66. The van der Waals surface area contributed by atoms with Gasteiger partial charge in [-0.05, 0) is 19.1 Å². The van der Waals surface area contributed by atoms with Gasteiger partial charge in [0.25, 0.3) is 0 Å². The minimum atomic E-state index is -0.650. The van der Waals surface area contributed by atoms with E-state index >= 15 is 0 Å². The SMILES string of the molecule is C[C@@H](N)c1cccnc1Oc1cc(F)ccc1[N+](=O)[O-]. The van der Waals surface area contributed by atoms with Crippen LogP contribution in [0.25, 0.3) is 0 Å². The molecule has 0 bridgehead atoms. The van der Waals surface area contributed by atoms with Crippen molar-refractivity contribution in [3.8, 4) is 11.6 Å². The van der Waals surface area contributed by atoms with Crippen LogP contribution < -0.4 is 10.5 Å². The van der Waals surface area contributed by atoms with Crippen molar-refractivity contribution in [3.05, 3.63) is 58.0 Å². The molecule has 0 aliphatic carbocycles. The number of hydrogen-bond donors (Lipinski definition) is 1. The third kappa shape index (κ3) is 2.89. The molecule has 1 aromatic carbocycles. The molecule has 1 atom stereocenters. The van der Waals surface area contributed by atoms with Crippen molar-refractivity contribution < 1.29 is 14.1 Å². The highest BCUT2D eigenvalue weighted by Crippen LogP contribution is 2.33. The maximum Gasteiger partial charge on any atom is 0.311 e. The second-order valence-electron chi connectivity index (χ2n) is 4.16. The maximum atomic E-state index is 13.2. The molecule has 0 aliphatic rings. The molecule has 0 saturated heterocycles. The third-order valence-corrected chi connectivity index (χ3v) is 2.62. The van der Waals surface area contributed by atoms with Gasteiger partial charge >= 0.3 is 5.69 Å². The van der Waals surface area contributed by atoms with E-state index in [1.807, 2.05) is 0 Å². The van der Waals surface area contributed by atoms with Gasteiger partial charge in [-0.15, -0.1) is 0 Å². The number of nitro benzene ring substituents is 1. The lowest BCUT2D eigenvalue weighted by Gasteiger charge is -2.12. The molecule has 0 aliphatic heterocycles. The van der Waals surface area contributed by atoms with E-state index in [9.17, 15) is 14.5 Å². The van der Waals surface area contributed by atoms with Gasteiger partial charge in [-0.2, -0.15) is 0 Å². The Labute approximate surface area is 114 Å². The van der Waals surface area contributed by atoms with Crippen molar-refractivity contribution in [2.24, 2.45) is 5.73 Å². The second kappa shape index (κ2) is 5.62. The molecule has 2 aromatic rings. The van der Waals surface area contributed by atoms with Crippen LogP contribution >= 0.6 is 0 Å². The Hall–Kier alpha value is -2.54. The number of nitrogens with zero attached hydrogens (tertiary/aromatic N) is 2. The molecule has 2 rings (SSSR count). The average molecular weight is 277 g/mol. The van der Waals surface area contributed by atoms with E-state index in [-0.39, 0.29) is 23.4 Å². The molecule has 0 fully saturated rings. The number of aromatic nitrogens is 1. The van der Waals surface area contributed by atoms with Crippen LogP contribution in [0.2, 0.25) is 0 Å². The Morgan fingerprint density at radius 1 is 1.45 bits per heavy atom. The first kappa shape index (κ1) is 13.9. The Kier molecular flexibility index (Phi) is 3.90. The molecule has 7 heteroatoms. The van der Waals surface area contributed by atoms with Gasteiger partial charge in [0.15, 0.2) is 0 Å². The number of rotatable bonds is 4. The third-order valence-electron chi connectivity index (χ3n) is 2.62. The monoisotopic (exact) mass is 277 g/mol. The van der Waals surface area contributed by atoms with Gasteiger partial charge in [0.2, 0.25) is 11.6 Å². The molecular formula is C13H12FN3O3. The van der Waals surface area contributed by atoms with Crippen molar-refractivity contribution >= 4 is 5.69 Å². The van der Waals surface area contributed by atoms with E-state index in [0.717, 1.165) is 18.2 Å². The summed E-state index contributed by atoms with van der Waals surface area (Å²) in [5, 5.41) is 10.9. The second-order valence-corrected chi connectivity index (χ2v) is 4.16. The highest BCUT2D eigenvalue weighted by molar-refractivity contribution is 5.48. The minimum absolute atomic E-state index is 0.121. The first-order valence-electron chi connectivity index (χ1n) is 5.81. The number of hydrogen-bond acceptors (Lipinski definition) is 5. The van der Waals surface area contributed by atoms with Crippen LogP contribution in [0.4, 0.5) is 10.1 Å². The Balaban J connectivity index is 2.45. The van der Waals surface area contributed by atoms with Crippen LogP contribution in [-0.4, -0.2) is 9.91 Å². The maximum absolute atomic E-state index is 13.2. The van der Waals surface area contributed by atoms with E-state index in [1.165, 1.54) is 6.20 Å². The molecule has 0 radical (unpaired) electrons. The lowest BCUT2D eigenvalue weighted by Crippen LogP contribution is -2.07.